The first-order valence-electron chi connectivity index (χ1n) is 31.1. The fourth-order valence-electron chi connectivity index (χ4n) is 9.70. The Balaban J connectivity index is 2.33. The molecule has 10 amide bonds. The summed E-state index contributed by atoms with van der Waals surface area (Å²) in [4.78, 5) is 220. The number of likely N-dealkylation sites (tertiary alicyclic amines) is 1. The first kappa shape index (κ1) is 83.0. The van der Waals surface area contributed by atoms with Crippen molar-refractivity contribution in [3.8, 4) is 0 Å². The van der Waals surface area contributed by atoms with Crippen molar-refractivity contribution in [3.63, 3.8) is 0 Å². The molecule has 1 fully saturated rings. The van der Waals surface area contributed by atoms with Crippen molar-refractivity contribution in [2.45, 2.75) is 185 Å². The third-order valence-electron chi connectivity index (χ3n) is 14.7. The minimum absolute atomic E-state index is 0.106. The number of amides is 10. The van der Waals surface area contributed by atoms with Gasteiger partial charge in [-0.25, -0.2) is 0 Å². The zero-order valence-corrected chi connectivity index (χ0v) is 55.3. The standard InChI is InChI=1S/C61H91N11O23S/c1-32(2)26-42(57(90)64-29-47(75)66-44(31-96-6)60(93)65-33(3)4)71-61(94)45-8-7-24-72(45)48(76)30-95-25-23-63-56(89)43(27-35-9-11-36(12-10-35)34(5)73)70-59(92)41(17-22-53(85)86)69-58(91)40(16-21-52(83)84)68-54(87)37(13-18-49(77)78)28-46(74)39(15-20-51(81)82)67-55(88)38(62)14-19-50(79)80/h9-12,32-33,37-45H,7-8,13-31,62H2,1-6H3,(H,63,89)(H,64,90)(H,65,93)(H,66,75)(H,67,88)(H,68,87)(H,69,91)(H,70,92)(H,71,94)(H,77,78)(H,79,80)(H,81,82)(H,83,84)(H,85,86)/t37-,38+,39+,40+,41+,42-,43-,44-,45-/m0/s1. The lowest BCUT2D eigenvalue weighted by Crippen LogP contribution is -2.57. The van der Waals surface area contributed by atoms with Crippen molar-refractivity contribution in [1.82, 2.24) is 52.8 Å². The molecule has 9 atom stereocenters. The van der Waals surface area contributed by atoms with Crippen LogP contribution < -0.4 is 53.6 Å². The number of rotatable bonds is 47. The first-order valence-corrected chi connectivity index (χ1v) is 32.5. The average molecular weight is 1380 g/mol. The van der Waals surface area contributed by atoms with Crippen LogP contribution in [0, 0.1) is 11.8 Å². The highest BCUT2D eigenvalue weighted by atomic mass is 32.2. The van der Waals surface area contributed by atoms with Gasteiger partial charge in [0.15, 0.2) is 11.6 Å². The highest BCUT2D eigenvalue weighted by molar-refractivity contribution is 7.98. The Hall–Kier alpha value is -9.12. The molecule has 34 nitrogen and oxygen atoms in total. The van der Waals surface area contributed by atoms with Gasteiger partial charge < -0.3 is 88.8 Å². The van der Waals surface area contributed by atoms with Gasteiger partial charge in [0.25, 0.3) is 0 Å². The number of nitrogens with two attached hydrogens (primary N) is 1. The SMILES string of the molecule is CSC[C@H](NC(=O)CNC(=O)[C@H](CC(C)C)NC(=O)[C@@H]1CCCN1C(=O)COCCNC(=O)[C@H](Cc1ccc(C(C)=O)cc1)NC(=O)[C@@H](CCC(=O)O)NC(=O)[C@@H](CCC(=O)O)NC(=O)[C@@H](CCC(=O)O)CC(=O)[C@@H](CCC(=O)O)NC(=O)[C@H](N)CCC(=O)O)C(=O)NC(C)C. The molecule has 0 radical (unpaired) electrons. The molecule has 0 unspecified atom stereocenters. The maximum Gasteiger partial charge on any atom is 0.303 e. The third-order valence-corrected chi connectivity index (χ3v) is 15.4. The molecule has 534 valence electrons. The summed E-state index contributed by atoms with van der Waals surface area (Å²) in [5.41, 5.74) is 6.44. The molecule has 0 saturated carbocycles. The van der Waals surface area contributed by atoms with E-state index in [0.717, 1.165) is 0 Å². The van der Waals surface area contributed by atoms with E-state index >= 15 is 0 Å². The molecule has 1 heterocycles. The summed E-state index contributed by atoms with van der Waals surface area (Å²) in [6.45, 7) is 6.93. The number of nitrogens with zero attached hydrogens (tertiary/aromatic N) is 1. The summed E-state index contributed by atoms with van der Waals surface area (Å²) in [7, 11) is 0. The minimum atomic E-state index is -1.91. The zero-order chi connectivity index (χ0) is 72.4. The van der Waals surface area contributed by atoms with Gasteiger partial charge in [0, 0.05) is 81.3 Å². The molecule has 1 aliphatic rings. The Bertz CT molecular complexity index is 2930. The van der Waals surface area contributed by atoms with Gasteiger partial charge in [-0.15, -0.1) is 0 Å². The third kappa shape index (κ3) is 32.3. The molecule has 0 spiro atoms. The maximum atomic E-state index is 14.3. The van der Waals surface area contributed by atoms with E-state index in [0.29, 0.717) is 17.5 Å². The molecule has 1 aromatic rings. The molecule has 35 heteroatoms. The van der Waals surface area contributed by atoms with E-state index in [1.807, 2.05) is 13.8 Å². The summed E-state index contributed by atoms with van der Waals surface area (Å²) in [5.74, 6) is -18.6. The number of hydrogen-bond donors (Lipinski definition) is 15. The van der Waals surface area contributed by atoms with Crippen molar-refractivity contribution in [2.75, 3.05) is 44.9 Å². The summed E-state index contributed by atoms with van der Waals surface area (Å²) < 4.78 is 5.59. The number of carboxylic acids is 5. The Morgan fingerprint density at radius 1 is 0.573 bits per heavy atom. The number of nitrogens with one attached hydrogen (secondary N) is 9. The van der Waals surface area contributed by atoms with Gasteiger partial charge in [0.2, 0.25) is 59.1 Å². The van der Waals surface area contributed by atoms with E-state index in [1.54, 1.807) is 20.1 Å². The number of ketones is 2. The molecular formula is C61H91N11O23S. The Labute approximate surface area is 557 Å². The van der Waals surface area contributed by atoms with Crippen LogP contribution in [0.1, 0.15) is 140 Å². The second-order valence-electron chi connectivity index (χ2n) is 23.6. The largest absolute Gasteiger partial charge is 0.481 e. The van der Waals surface area contributed by atoms with Gasteiger partial charge in [-0.2, -0.15) is 11.8 Å². The van der Waals surface area contributed by atoms with Crippen LogP contribution in [0.5, 0.6) is 0 Å². The monoisotopic (exact) mass is 1380 g/mol. The van der Waals surface area contributed by atoms with Crippen molar-refractivity contribution >= 4 is 112 Å². The zero-order valence-electron chi connectivity index (χ0n) is 54.5. The van der Waals surface area contributed by atoms with Crippen LogP contribution in [-0.2, 0) is 87.9 Å². The van der Waals surface area contributed by atoms with Crippen LogP contribution in [0.2, 0.25) is 0 Å². The van der Waals surface area contributed by atoms with Gasteiger partial charge in [0.05, 0.1) is 25.2 Å². The number of Topliss-reactive ketones (excluding diaryl/α,β-unsaturated/α-hetero) is 2. The van der Waals surface area contributed by atoms with E-state index < -0.39 is 233 Å². The molecule has 0 aliphatic carbocycles. The van der Waals surface area contributed by atoms with E-state index in [9.17, 15) is 102 Å². The van der Waals surface area contributed by atoms with E-state index in [1.165, 1.54) is 47.9 Å². The number of ether oxygens (including phenoxy) is 1. The lowest BCUT2D eigenvalue weighted by atomic mass is 9.91. The maximum absolute atomic E-state index is 14.3. The topological polar surface area (TPSA) is 538 Å². The lowest BCUT2D eigenvalue weighted by Gasteiger charge is -2.27. The fourth-order valence-corrected chi connectivity index (χ4v) is 10.3. The molecule has 1 saturated heterocycles. The molecule has 16 N–H and O–H groups in total. The number of carboxylic acid groups (broad SMARTS) is 5. The highest BCUT2D eigenvalue weighted by Gasteiger charge is 2.38. The van der Waals surface area contributed by atoms with Crippen molar-refractivity contribution in [3.05, 3.63) is 35.4 Å². The Morgan fingerprint density at radius 2 is 1.07 bits per heavy atom. The van der Waals surface area contributed by atoms with Gasteiger partial charge in [0.1, 0.15) is 42.9 Å². The predicted octanol–water partition coefficient (Wildman–Crippen LogP) is -2.26. The first-order chi connectivity index (χ1) is 45.1. The average Bonchev–Trinajstić information content (AvgIpc) is 1.58. The van der Waals surface area contributed by atoms with Crippen LogP contribution in [0.25, 0.3) is 0 Å². The number of carbonyl (C=O) groups excluding carboxylic acids is 12. The van der Waals surface area contributed by atoms with E-state index in [2.05, 4.69) is 47.9 Å². The lowest BCUT2D eigenvalue weighted by molar-refractivity contribution is -0.142. The van der Waals surface area contributed by atoms with Crippen LogP contribution in [-0.4, -0.2) is 230 Å². The summed E-state index contributed by atoms with van der Waals surface area (Å²) >= 11 is 1.34. The number of thioether (sulfide) groups is 1. The normalized spacial score (nSPS) is 15.1. The van der Waals surface area contributed by atoms with Gasteiger partial charge in [-0.3, -0.25) is 81.5 Å². The fraction of sp³-hybridized carbons (Fsp3) is 0.623. The molecule has 0 bridgehead atoms. The highest BCUT2D eigenvalue weighted by Crippen LogP contribution is 2.20. The second-order valence-corrected chi connectivity index (χ2v) is 24.5. The predicted molar refractivity (Wildman–Crippen MR) is 340 cm³/mol. The number of carbonyl (C=O) groups is 17. The molecule has 1 aromatic carbocycles. The van der Waals surface area contributed by atoms with Gasteiger partial charge in [-0.05, 0) is 89.9 Å². The van der Waals surface area contributed by atoms with Crippen molar-refractivity contribution in [1.29, 1.82) is 0 Å². The Morgan fingerprint density at radius 3 is 1.60 bits per heavy atom. The summed E-state index contributed by atoms with van der Waals surface area (Å²) in [6.07, 6.45) is -5.28. The molecule has 0 aromatic heterocycles. The van der Waals surface area contributed by atoms with Crippen molar-refractivity contribution < 1.29 is 112 Å². The summed E-state index contributed by atoms with van der Waals surface area (Å²) in [5, 5.41) is 69.5. The van der Waals surface area contributed by atoms with Crippen LogP contribution in [0.15, 0.2) is 24.3 Å². The van der Waals surface area contributed by atoms with Crippen LogP contribution >= 0.6 is 11.8 Å². The minimum Gasteiger partial charge on any atom is -0.481 e. The smallest absolute Gasteiger partial charge is 0.303 e. The van der Waals surface area contributed by atoms with Crippen LogP contribution in [0.3, 0.4) is 0 Å². The van der Waals surface area contributed by atoms with Gasteiger partial charge >= 0.3 is 29.8 Å². The Kier molecular flexibility index (Phi) is 37.2. The summed E-state index contributed by atoms with van der Waals surface area (Å²) in [6, 6.07) is -5.76. The van der Waals surface area contributed by atoms with Crippen LogP contribution in [0.4, 0.5) is 0 Å². The molecule has 96 heavy (non-hydrogen) atoms. The number of aliphatic carboxylic acids is 5. The second kappa shape index (κ2) is 43.1. The number of hydrogen-bond acceptors (Lipinski definition) is 20. The number of benzene rings is 1. The van der Waals surface area contributed by atoms with Crippen molar-refractivity contribution in [2.24, 2.45) is 17.6 Å². The molecule has 1 aliphatic heterocycles. The van der Waals surface area contributed by atoms with Gasteiger partial charge in [-0.1, -0.05) is 38.1 Å². The molecule has 2 rings (SSSR count). The quantitative estimate of drug-likeness (QED) is 0.0242. The van der Waals surface area contributed by atoms with E-state index in [-0.39, 0.29) is 62.5 Å². The molecular weight excluding hydrogens is 1290 g/mol. The van der Waals surface area contributed by atoms with E-state index in [4.69, 9.17) is 15.6 Å².